The smallest absolute Gasteiger partial charge is 0.407 e. The Hall–Kier alpha value is -0.553. The van der Waals surface area contributed by atoms with Gasteiger partial charge in [0.25, 0.3) is 0 Å². The van der Waals surface area contributed by atoms with Gasteiger partial charge >= 0.3 is 6.09 Å². The molecule has 0 saturated heterocycles. The third-order valence-electron chi connectivity index (χ3n) is 4.66. The first-order chi connectivity index (χ1) is 9.82. The molecule has 0 radical (unpaired) electrons. The van der Waals surface area contributed by atoms with Crippen LogP contribution in [-0.4, -0.2) is 32.2 Å². The van der Waals surface area contributed by atoms with Crippen LogP contribution in [0.2, 0.25) is 18.1 Å². The summed E-state index contributed by atoms with van der Waals surface area (Å²) in [7, 11) is -1.82. The van der Waals surface area contributed by atoms with Crippen LogP contribution in [0, 0.1) is 0 Å². The zero-order valence-corrected chi connectivity index (χ0v) is 16.7. The highest BCUT2D eigenvalue weighted by Gasteiger charge is 2.41. The second kappa shape index (κ2) is 6.91. The van der Waals surface area contributed by atoms with E-state index >= 15 is 0 Å². The van der Waals surface area contributed by atoms with E-state index in [9.17, 15) is 4.79 Å². The maximum absolute atomic E-state index is 12.1. The fraction of sp³-hybridized carbons (Fsp3) is 0.941. The van der Waals surface area contributed by atoms with Crippen LogP contribution in [-0.2, 0) is 9.16 Å². The van der Waals surface area contributed by atoms with Crippen LogP contribution in [0.4, 0.5) is 4.79 Å². The van der Waals surface area contributed by atoms with Gasteiger partial charge in [0, 0.05) is 0 Å². The number of amides is 1. The minimum absolute atomic E-state index is 0.0673. The summed E-state index contributed by atoms with van der Waals surface area (Å²) in [5.74, 6) is 0. The highest BCUT2D eigenvalue weighted by Crippen LogP contribution is 2.39. The minimum Gasteiger partial charge on any atom is -0.444 e. The molecule has 0 aliphatic heterocycles. The molecule has 1 fully saturated rings. The van der Waals surface area contributed by atoms with Gasteiger partial charge in [-0.2, -0.15) is 0 Å². The number of hydrogen-bond acceptors (Lipinski definition) is 3. The molecule has 130 valence electrons. The quantitative estimate of drug-likeness (QED) is 0.753. The van der Waals surface area contributed by atoms with Crippen molar-refractivity contribution in [3.63, 3.8) is 0 Å². The maximum Gasteiger partial charge on any atom is 0.407 e. The number of carbonyl (C=O) groups is 1. The van der Waals surface area contributed by atoms with E-state index in [2.05, 4.69) is 39.2 Å². The highest BCUT2D eigenvalue weighted by molar-refractivity contribution is 6.74. The lowest BCUT2D eigenvalue weighted by atomic mass is 9.93. The van der Waals surface area contributed by atoms with Gasteiger partial charge in [0.1, 0.15) is 5.60 Å². The molecule has 22 heavy (non-hydrogen) atoms. The lowest BCUT2D eigenvalue weighted by Gasteiger charge is -2.43. The summed E-state index contributed by atoms with van der Waals surface area (Å²) in [5.41, 5.74) is -0.464. The number of nitrogens with one attached hydrogen (secondary N) is 1. The molecule has 1 amide bonds. The summed E-state index contributed by atoms with van der Waals surface area (Å²) in [6, 6.07) is 0.0673. The second-order valence-electron chi connectivity index (χ2n) is 8.95. The molecule has 0 aromatic heterocycles. The molecule has 1 saturated carbocycles. The van der Waals surface area contributed by atoms with E-state index in [4.69, 9.17) is 9.16 Å². The van der Waals surface area contributed by atoms with Crippen molar-refractivity contribution in [2.75, 3.05) is 0 Å². The van der Waals surface area contributed by atoms with Crippen molar-refractivity contribution in [1.82, 2.24) is 5.32 Å². The Morgan fingerprint density at radius 1 is 1.05 bits per heavy atom. The van der Waals surface area contributed by atoms with Gasteiger partial charge in [-0.15, -0.1) is 0 Å². The summed E-state index contributed by atoms with van der Waals surface area (Å²) in [4.78, 5) is 12.1. The zero-order valence-electron chi connectivity index (χ0n) is 15.7. The molecule has 0 spiro atoms. The Bertz CT molecular complexity index is 382. The SMILES string of the molecule is CC(C)(C)OC(=O)NC1CCCCC1O[Si](C)(C)C(C)(C)C. The average molecular weight is 330 g/mol. The van der Waals surface area contributed by atoms with Crippen LogP contribution in [0.3, 0.4) is 0 Å². The molecule has 1 rings (SSSR count). The van der Waals surface area contributed by atoms with E-state index in [1.54, 1.807) is 0 Å². The Kier molecular flexibility index (Phi) is 6.12. The average Bonchev–Trinajstić information content (AvgIpc) is 2.27. The van der Waals surface area contributed by atoms with Crippen molar-refractivity contribution in [3.8, 4) is 0 Å². The maximum atomic E-state index is 12.1. The summed E-state index contributed by atoms with van der Waals surface area (Å²) >= 11 is 0. The van der Waals surface area contributed by atoms with E-state index < -0.39 is 13.9 Å². The predicted molar refractivity (Wildman–Crippen MR) is 93.7 cm³/mol. The number of ether oxygens (including phenoxy) is 1. The molecule has 0 bridgehead atoms. The van der Waals surface area contributed by atoms with Crippen LogP contribution in [0.15, 0.2) is 0 Å². The van der Waals surface area contributed by atoms with Gasteiger partial charge in [0.15, 0.2) is 8.32 Å². The molecule has 1 N–H and O–H groups in total. The number of rotatable bonds is 3. The standard InChI is InChI=1S/C17H35NO3Si/c1-16(2,3)20-15(19)18-13-11-9-10-12-14(13)21-22(7,8)17(4,5)6/h13-14H,9-12H2,1-8H3,(H,18,19). The Labute approximate surface area is 137 Å². The lowest BCUT2D eigenvalue weighted by Crippen LogP contribution is -2.53. The van der Waals surface area contributed by atoms with Crippen molar-refractivity contribution >= 4 is 14.4 Å². The van der Waals surface area contributed by atoms with Gasteiger partial charge in [0.05, 0.1) is 12.1 Å². The topological polar surface area (TPSA) is 47.6 Å². The number of carbonyl (C=O) groups excluding carboxylic acids is 1. The molecule has 2 atom stereocenters. The van der Waals surface area contributed by atoms with E-state index in [0.29, 0.717) is 0 Å². The number of hydrogen-bond donors (Lipinski definition) is 1. The molecule has 2 unspecified atom stereocenters. The monoisotopic (exact) mass is 329 g/mol. The molecule has 5 heteroatoms. The molecule has 0 aromatic rings. The molecule has 0 aromatic carbocycles. The molecular weight excluding hydrogens is 294 g/mol. The molecular formula is C17H35NO3Si. The number of alkyl carbamates (subject to hydrolysis) is 1. The van der Waals surface area contributed by atoms with Crippen molar-refractivity contribution in [1.29, 1.82) is 0 Å². The normalized spacial score (nSPS) is 24.0. The van der Waals surface area contributed by atoms with Gasteiger partial charge < -0.3 is 14.5 Å². The van der Waals surface area contributed by atoms with Crippen molar-refractivity contribution in [3.05, 3.63) is 0 Å². The van der Waals surface area contributed by atoms with E-state index in [0.717, 1.165) is 19.3 Å². The Morgan fingerprint density at radius 2 is 1.59 bits per heavy atom. The summed E-state index contributed by atoms with van der Waals surface area (Å²) < 4.78 is 11.9. The highest BCUT2D eigenvalue weighted by atomic mass is 28.4. The molecule has 1 aliphatic carbocycles. The van der Waals surface area contributed by atoms with Crippen LogP contribution in [0.5, 0.6) is 0 Å². The van der Waals surface area contributed by atoms with E-state index in [-0.39, 0.29) is 23.3 Å². The fourth-order valence-electron chi connectivity index (χ4n) is 2.42. The largest absolute Gasteiger partial charge is 0.444 e. The summed E-state index contributed by atoms with van der Waals surface area (Å²) in [6.07, 6.45) is 4.08. The van der Waals surface area contributed by atoms with Crippen molar-refractivity contribution < 1.29 is 14.0 Å². The van der Waals surface area contributed by atoms with E-state index in [1.807, 2.05) is 20.8 Å². The zero-order chi connectivity index (χ0) is 17.2. The second-order valence-corrected chi connectivity index (χ2v) is 13.7. The predicted octanol–water partition coefficient (Wildman–Crippen LogP) is 4.84. The Balaban J connectivity index is 2.70. The van der Waals surface area contributed by atoms with Gasteiger partial charge in [-0.3, -0.25) is 0 Å². The minimum atomic E-state index is -1.82. The fourth-order valence-corrected chi connectivity index (χ4v) is 3.81. The third-order valence-corrected chi connectivity index (χ3v) is 9.16. The van der Waals surface area contributed by atoms with Gasteiger partial charge in [-0.05, 0) is 51.7 Å². The van der Waals surface area contributed by atoms with Gasteiger partial charge in [-0.1, -0.05) is 33.6 Å². The van der Waals surface area contributed by atoms with Gasteiger partial charge in [0.2, 0.25) is 0 Å². The molecule has 1 aliphatic rings. The van der Waals surface area contributed by atoms with Crippen LogP contribution in [0.25, 0.3) is 0 Å². The van der Waals surface area contributed by atoms with Crippen LogP contribution in [0.1, 0.15) is 67.2 Å². The van der Waals surface area contributed by atoms with Crippen LogP contribution >= 0.6 is 0 Å². The van der Waals surface area contributed by atoms with Crippen LogP contribution < -0.4 is 5.32 Å². The third kappa shape index (κ3) is 5.92. The van der Waals surface area contributed by atoms with Crippen molar-refractivity contribution in [2.24, 2.45) is 0 Å². The first-order valence-electron chi connectivity index (χ1n) is 8.49. The first-order valence-corrected chi connectivity index (χ1v) is 11.4. The Morgan fingerprint density at radius 3 is 2.09 bits per heavy atom. The first kappa shape index (κ1) is 19.5. The van der Waals surface area contributed by atoms with E-state index in [1.165, 1.54) is 6.42 Å². The summed E-state index contributed by atoms with van der Waals surface area (Å²) in [6.45, 7) is 16.9. The van der Waals surface area contributed by atoms with Crippen molar-refractivity contribution in [2.45, 2.75) is 103 Å². The molecule has 0 heterocycles. The summed E-state index contributed by atoms with van der Waals surface area (Å²) in [5, 5.41) is 3.22. The lowest BCUT2D eigenvalue weighted by molar-refractivity contribution is 0.0383. The van der Waals surface area contributed by atoms with Gasteiger partial charge in [-0.25, -0.2) is 4.79 Å². The molecule has 4 nitrogen and oxygen atoms in total.